The standard InChI is InChI=1S/C11H16BrN3O/c1-14-5-6-15(2)11(16)9-4-3-8(12)7-10(9)13/h3-4,7,14H,5-6,13H2,1-2H3. The molecule has 5 heteroatoms. The van der Waals surface area contributed by atoms with Crippen LogP contribution in [-0.2, 0) is 0 Å². The highest BCUT2D eigenvalue weighted by atomic mass is 79.9. The largest absolute Gasteiger partial charge is 0.398 e. The predicted molar refractivity (Wildman–Crippen MR) is 69.4 cm³/mol. The number of hydrogen-bond donors (Lipinski definition) is 2. The number of nitrogen functional groups attached to an aromatic ring is 1. The van der Waals surface area contributed by atoms with Crippen LogP contribution in [-0.4, -0.2) is 38.0 Å². The minimum atomic E-state index is -0.0553. The van der Waals surface area contributed by atoms with Gasteiger partial charge >= 0.3 is 0 Å². The molecule has 0 bridgehead atoms. The van der Waals surface area contributed by atoms with E-state index in [0.717, 1.165) is 11.0 Å². The summed E-state index contributed by atoms with van der Waals surface area (Å²) >= 11 is 3.31. The van der Waals surface area contributed by atoms with Gasteiger partial charge in [0.05, 0.1) is 5.56 Å². The van der Waals surface area contributed by atoms with Crippen molar-refractivity contribution >= 4 is 27.5 Å². The number of amides is 1. The predicted octanol–water partition coefficient (Wildman–Crippen LogP) is 1.32. The van der Waals surface area contributed by atoms with Crippen LogP contribution in [0.1, 0.15) is 10.4 Å². The van der Waals surface area contributed by atoms with Crippen molar-refractivity contribution in [3.8, 4) is 0 Å². The molecule has 0 heterocycles. The van der Waals surface area contributed by atoms with Gasteiger partial charge in [0.15, 0.2) is 0 Å². The normalized spacial score (nSPS) is 10.2. The first-order valence-electron chi connectivity index (χ1n) is 5.01. The van der Waals surface area contributed by atoms with Crippen LogP contribution in [0.5, 0.6) is 0 Å². The van der Waals surface area contributed by atoms with Gasteiger partial charge < -0.3 is 16.0 Å². The molecule has 3 N–H and O–H groups in total. The van der Waals surface area contributed by atoms with E-state index in [4.69, 9.17) is 5.73 Å². The molecule has 0 aliphatic carbocycles. The second-order valence-electron chi connectivity index (χ2n) is 3.56. The fourth-order valence-corrected chi connectivity index (χ4v) is 1.69. The van der Waals surface area contributed by atoms with Crippen molar-refractivity contribution in [1.82, 2.24) is 10.2 Å². The zero-order chi connectivity index (χ0) is 12.1. The van der Waals surface area contributed by atoms with Crippen molar-refractivity contribution in [2.45, 2.75) is 0 Å². The van der Waals surface area contributed by atoms with Crippen LogP contribution >= 0.6 is 15.9 Å². The van der Waals surface area contributed by atoms with E-state index in [9.17, 15) is 4.79 Å². The molecule has 0 atom stereocenters. The lowest BCUT2D eigenvalue weighted by atomic mass is 10.1. The van der Waals surface area contributed by atoms with Crippen LogP contribution in [0, 0.1) is 0 Å². The number of nitrogens with two attached hydrogens (primary N) is 1. The van der Waals surface area contributed by atoms with Crippen LogP contribution in [0.4, 0.5) is 5.69 Å². The third-order valence-corrected chi connectivity index (χ3v) is 2.78. The number of carbonyl (C=O) groups excluding carboxylic acids is 1. The van der Waals surface area contributed by atoms with E-state index in [1.54, 1.807) is 24.1 Å². The average molecular weight is 286 g/mol. The Bertz CT molecular complexity index is 381. The van der Waals surface area contributed by atoms with Crippen molar-refractivity contribution in [2.75, 3.05) is 32.9 Å². The Balaban J connectivity index is 2.79. The number of nitrogens with one attached hydrogen (secondary N) is 1. The average Bonchev–Trinajstić information content (AvgIpc) is 2.25. The maximum Gasteiger partial charge on any atom is 0.255 e. The van der Waals surface area contributed by atoms with Crippen molar-refractivity contribution in [2.24, 2.45) is 0 Å². The summed E-state index contributed by atoms with van der Waals surface area (Å²) in [5.41, 5.74) is 6.83. The SMILES string of the molecule is CNCCN(C)C(=O)c1ccc(Br)cc1N. The Kier molecular flexibility index (Phi) is 4.76. The smallest absolute Gasteiger partial charge is 0.255 e. The summed E-state index contributed by atoms with van der Waals surface area (Å²) in [6, 6.07) is 5.28. The van der Waals surface area contributed by atoms with E-state index in [2.05, 4.69) is 21.2 Å². The first kappa shape index (κ1) is 13.0. The summed E-state index contributed by atoms with van der Waals surface area (Å²) in [7, 11) is 3.62. The van der Waals surface area contributed by atoms with Gasteiger partial charge in [-0.05, 0) is 25.2 Å². The lowest BCUT2D eigenvalue weighted by Gasteiger charge is -2.17. The molecule has 88 valence electrons. The summed E-state index contributed by atoms with van der Waals surface area (Å²) in [4.78, 5) is 13.6. The zero-order valence-electron chi connectivity index (χ0n) is 9.46. The van der Waals surface area contributed by atoms with Gasteiger partial charge in [-0.2, -0.15) is 0 Å². The van der Waals surface area contributed by atoms with E-state index < -0.39 is 0 Å². The number of carbonyl (C=O) groups is 1. The second-order valence-corrected chi connectivity index (χ2v) is 4.48. The molecule has 1 aromatic rings. The molecule has 0 fully saturated rings. The third kappa shape index (κ3) is 3.21. The van der Waals surface area contributed by atoms with Crippen LogP contribution in [0.3, 0.4) is 0 Å². The van der Waals surface area contributed by atoms with E-state index in [0.29, 0.717) is 17.8 Å². The Morgan fingerprint density at radius 2 is 2.25 bits per heavy atom. The molecule has 4 nitrogen and oxygen atoms in total. The maximum absolute atomic E-state index is 12.0. The van der Waals surface area contributed by atoms with Gasteiger partial charge in [-0.25, -0.2) is 0 Å². The number of likely N-dealkylation sites (N-methyl/N-ethyl adjacent to an activating group) is 2. The highest BCUT2D eigenvalue weighted by Crippen LogP contribution is 2.19. The van der Waals surface area contributed by atoms with Gasteiger partial charge in [-0.3, -0.25) is 4.79 Å². The van der Waals surface area contributed by atoms with Gasteiger partial charge in [0, 0.05) is 30.3 Å². The summed E-state index contributed by atoms with van der Waals surface area (Å²) in [5.74, 6) is -0.0553. The Labute approximate surface area is 104 Å². The minimum Gasteiger partial charge on any atom is -0.398 e. The number of benzene rings is 1. The molecule has 0 saturated heterocycles. The molecule has 0 aliphatic rings. The highest BCUT2D eigenvalue weighted by Gasteiger charge is 2.13. The van der Waals surface area contributed by atoms with Crippen LogP contribution < -0.4 is 11.1 Å². The van der Waals surface area contributed by atoms with E-state index in [1.165, 1.54) is 0 Å². The van der Waals surface area contributed by atoms with Crippen LogP contribution in [0.25, 0.3) is 0 Å². The summed E-state index contributed by atoms with van der Waals surface area (Å²) in [5, 5.41) is 3.00. The molecule has 0 unspecified atom stereocenters. The molecule has 16 heavy (non-hydrogen) atoms. The van der Waals surface area contributed by atoms with Gasteiger partial charge in [0.25, 0.3) is 5.91 Å². The van der Waals surface area contributed by atoms with Crippen molar-refractivity contribution < 1.29 is 4.79 Å². The summed E-state index contributed by atoms with van der Waals surface area (Å²) < 4.78 is 0.874. The quantitative estimate of drug-likeness (QED) is 0.821. The number of rotatable bonds is 4. The first-order valence-corrected chi connectivity index (χ1v) is 5.80. The maximum atomic E-state index is 12.0. The van der Waals surface area contributed by atoms with E-state index in [-0.39, 0.29) is 5.91 Å². The van der Waals surface area contributed by atoms with Crippen LogP contribution in [0.2, 0.25) is 0 Å². The molecular weight excluding hydrogens is 270 g/mol. The number of hydrogen-bond acceptors (Lipinski definition) is 3. The van der Waals surface area contributed by atoms with Crippen molar-refractivity contribution in [1.29, 1.82) is 0 Å². The Hall–Kier alpha value is -1.07. The molecule has 1 amide bonds. The topological polar surface area (TPSA) is 58.4 Å². The molecule has 0 spiro atoms. The van der Waals surface area contributed by atoms with Crippen molar-refractivity contribution in [3.05, 3.63) is 28.2 Å². The molecule has 0 aliphatic heterocycles. The fourth-order valence-electron chi connectivity index (χ4n) is 1.32. The Morgan fingerprint density at radius 3 is 2.81 bits per heavy atom. The zero-order valence-corrected chi connectivity index (χ0v) is 11.0. The molecular formula is C11H16BrN3O. The lowest BCUT2D eigenvalue weighted by molar-refractivity contribution is 0.0798. The monoisotopic (exact) mass is 285 g/mol. The molecule has 1 aromatic carbocycles. The summed E-state index contributed by atoms with van der Waals surface area (Å²) in [6.07, 6.45) is 0. The van der Waals surface area contributed by atoms with Crippen molar-refractivity contribution in [3.63, 3.8) is 0 Å². The first-order chi connectivity index (χ1) is 7.56. The van der Waals surface area contributed by atoms with Crippen LogP contribution in [0.15, 0.2) is 22.7 Å². The van der Waals surface area contributed by atoms with E-state index >= 15 is 0 Å². The Morgan fingerprint density at radius 1 is 1.56 bits per heavy atom. The van der Waals surface area contributed by atoms with Gasteiger partial charge in [-0.15, -0.1) is 0 Å². The molecule has 0 saturated carbocycles. The van der Waals surface area contributed by atoms with Gasteiger partial charge in [-0.1, -0.05) is 15.9 Å². The number of anilines is 1. The van der Waals surface area contributed by atoms with Gasteiger partial charge in [0.2, 0.25) is 0 Å². The summed E-state index contributed by atoms with van der Waals surface area (Å²) in [6.45, 7) is 1.42. The fraction of sp³-hybridized carbons (Fsp3) is 0.364. The minimum absolute atomic E-state index is 0.0553. The highest BCUT2D eigenvalue weighted by molar-refractivity contribution is 9.10. The molecule has 0 radical (unpaired) electrons. The van der Waals surface area contributed by atoms with E-state index in [1.807, 2.05) is 13.1 Å². The second kappa shape index (κ2) is 5.86. The molecule has 0 aromatic heterocycles. The third-order valence-electron chi connectivity index (χ3n) is 2.29. The number of nitrogens with zero attached hydrogens (tertiary/aromatic N) is 1. The molecule has 1 rings (SSSR count). The lowest BCUT2D eigenvalue weighted by Crippen LogP contribution is -2.33. The number of halogens is 1. The van der Waals surface area contributed by atoms with Gasteiger partial charge in [0.1, 0.15) is 0 Å².